The van der Waals surface area contributed by atoms with Crippen LogP contribution in [0, 0.1) is 5.92 Å². The highest BCUT2D eigenvalue weighted by molar-refractivity contribution is 5.07. The third kappa shape index (κ3) is 4.29. The van der Waals surface area contributed by atoms with Crippen LogP contribution in [0.4, 0.5) is 0 Å². The van der Waals surface area contributed by atoms with E-state index in [1.807, 2.05) is 18.2 Å². The number of rotatable bonds is 6. The van der Waals surface area contributed by atoms with Crippen LogP contribution in [0.15, 0.2) is 24.4 Å². The highest BCUT2D eigenvalue weighted by Gasteiger charge is 2.14. The molecule has 2 atom stereocenters. The van der Waals surface area contributed by atoms with E-state index >= 15 is 0 Å². The zero-order valence-electron chi connectivity index (χ0n) is 10.4. The molecule has 0 spiro atoms. The van der Waals surface area contributed by atoms with E-state index in [0.29, 0.717) is 5.92 Å². The molecule has 2 N–H and O–H groups in total. The molecule has 0 radical (unpaired) electrons. The van der Waals surface area contributed by atoms with Crippen molar-refractivity contribution in [2.24, 2.45) is 5.92 Å². The average Bonchev–Trinajstić information content (AvgIpc) is 2.28. The second kappa shape index (κ2) is 6.61. The first-order valence-corrected chi connectivity index (χ1v) is 5.91. The smallest absolute Gasteiger partial charge is 0.0584 e. The molecule has 0 aliphatic heterocycles. The van der Waals surface area contributed by atoms with Crippen LogP contribution in [0.25, 0.3) is 0 Å². The minimum atomic E-state index is 0.150. The zero-order valence-corrected chi connectivity index (χ0v) is 10.4. The molecule has 0 saturated carbocycles. The first-order valence-electron chi connectivity index (χ1n) is 5.91. The molecule has 0 aromatic carbocycles. The van der Waals surface area contributed by atoms with E-state index in [0.717, 1.165) is 12.1 Å². The summed E-state index contributed by atoms with van der Waals surface area (Å²) in [5.41, 5.74) is 1.02. The first-order chi connectivity index (χ1) is 7.63. The van der Waals surface area contributed by atoms with Gasteiger partial charge in [0.25, 0.3) is 0 Å². The van der Waals surface area contributed by atoms with E-state index in [4.69, 9.17) is 0 Å². The number of aliphatic hydroxyl groups is 1. The first kappa shape index (κ1) is 13.1. The van der Waals surface area contributed by atoms with Gasteiger partial charge in [0.2, 0.25) is 0 Å². The monoisotopic (exact) mass is 222 g/mol. The molecule has 0 aliphatic carbocycles. The molecule has 3 heteroatoms. The van der Waals surface area contributed by atoms with Crippen molar-refractivity contribution in [3.05, 3.63) is 30.1 Å². The van der Waals surface area contributed by atoms with Gasteiger partial charge < -0.3 is 10.4 Å². The van der Waals surface area contributed by atoms with Crippen molar-refractivity contribution in [2.75, 3.05) is 6.61 Å². The summed E-state index contributed by atoms with van der Waals surface area (Å²) in [5.74, 6) is 0.584. The quantitative estimate of drug-likeness (QED) is 0.775. The molecule has 0 amide bonds. The maximum atomic E-state index is 9.29. The van der Waals surface area contributed by atoms with Crippen LogP contribution in [-0.2, 0) is 0 Å². The summed E-state index contributed by atoms with van der Waals surface area (Å²) in [6, 6.07) is 6.22. The molecule has 1 heterocycles. The second-order valence-electron chi connectivity index (χ2n) is 4.65. The summed E-state index contributed by atoms with van der Waals surface area (Å²) in [6.07, 6.45) is 2.78. The van der Waals surface area contributed by atoms with Crippen molar-refractivity contribution < 1.29 is 5.11 Å². The third-order valence-electron chi connectivity index (χ3n) is 2.59. The highest BCUT2D eigenvalue weighted by atomic mass is 16.3. The normalized spacial score (nSPS) is 15.1. The summed E-state index contributed by atoms with van der Waals surface area (Å²) in [4.78, 5) is 4.30. The second-order valence-corrected chi connectivity index (χ2v) is 4.65. The van der Waals surface area contributed by atoms with Gasteiger partial charge in [-0.05, 0) is 31.4 Å². The molecule has 0 fully saturated rings. The van der Waals surface area contributed by atoms with Crippen LogP contribution in [-0.4, -0.2) is 22.7 Å². The molecule has 3 nitrogen and oxygen atoms in total. The molecule has 90 valence electrons. The topological polar surface area (TPSA) is 45.1 Å². The van der Waals surface area contributed by atoms with E-state index < -0.39 is 0 Å². The van der Waals surface area contributed by atoms with E-state index in [9.17, 15) is 5.11 Å². The van der Waals surface area contributed by atoms with Crippen LogP contribution in [0.2, 0.25) is 0 Å². The average molecular weight is 222 g/mol. The molecule has 2 unspecified atom stereocenters. The predicted octanol–water partition coefficient (Wildman–Crippen LogP) is 2.14. The highest BCUT2D eigenvalue weighted by Crippen LogP contribution is 2.12. The lowest BCUT2D eigenvalue weighted by molar-refractivity contribution is 0.214. The molecule has 0 aliphatic rings. The fraction of sp³-hybridized carbons (Fsp3) is 0.615. The van der Waals surface area contributed by atoms with Gasteiger partial charge in [-0.25, -0.2) is 0 Å². The number of aliphatic hydroxyl groups excluding tert-OH is 1. The summed E-state index contributed by atoms with van der Waals surface area (Å²) in [5, 5.41) is 12.7. The lowest BCUT2D eigenvalue weighted by Gasteiger charge is -2.22. The predicted molar refractivity (Wildman–Crippen MR) is 66.1 cm³/mol. The molecule has 1 aromatic heterocycles. The largest absolute Gasteiger partial charge is 0.395 e. The molecular formula is C13H22N2O. The van der Waals surface area contributed by atoms with E-state index in [2.05, 4.69) is 31.1 Å². The van der Waals surface area contributed by atoms with Crippen molar-refractivity contribution in [3.8, 4) is 0 Å². The van der Waals surface area contributed by atoms with Crippen molar-refractivity contribution in [3.63, 3.8) is 0 Å². The van der Waals surface area contributed by atoms with E-state index in [-0.39, 0.29) is 18.7 Å². The number of nitrogens with zero attached hydrogens (tertiary/aromatic N) is 1. The van der Waals surface area contributed by atoms with Crippen molar-refractivity contribution in [2.45, 2.75) is 39.3 Å². The van der Waals surface area contributed by atoms with Gasteiger partial charge in [0.15, 0.2) is 0 Å². The number of pyridine rings is 1. The van der Waals surface area contributed by atoms with Gasteiger partial charge in [0.1, 0.15) is 0 Å². The maximum Gasteiger partial charge on any atom is 0.0584 e. The van der Waals surface area contributed by atoms with Crippen LogP contribution < -0.4 is 5.32 Å². The Kier molecular flexibility index (Phi) is 5.43. The Bertz CT molecular complexity index is 287. The Labute approximate surface area is 97.9 Å². The number of hydrogen-bond donors (Lipinski definition) is 2. The molecule has 0 bridgehead atoms. The Morgan fingerprint density at radius 3 is 2.56 bits per heavy atom. The van der Waals surface area contributed by atoms with Crippen LogP contribution >= 0.6 is 0 Å². The summed E-state index contributed by atoms with van der Waals surface area (Å²) in [6.45, 7) is 6.58. The fourth-order valence-electron chi connectivity index (χ4n) is 1.84. The zero-order chi connectivity index (χ0) is 12.0. The van der Waals surface area contributed by atoms with Crippen LogP contribution in [0.1, 0.15) is 38.9 Å². The van der Waals surface area contributed by atoms with Gasteiger partial charge in [-0.3, -0.25) is 4.98 Å². The SMILES string of the molecule is CC(C)CC(CO)NC(C)c1ccccn1. The molecule has 1 rings (SSSR count). The standard InChI is InChI=1S/C13H22N2O/c1-10(2)8-12(9-16)15-11(3)13-6-4-5-7-14-13/h4-7,10-12,15-16H,8-9H2,1-3H3. The van der Waals surface area contributed by atoms with Gasteiger partial charge in [0, 0.05) is 18.3 Å². The summed E-state index contributed by atoms with van der Waals surface area (Å²) >= 11 is 0. The Balaban J connectivity index is 2.52. The van der Waals surface area contributed by atoms with Crippen molar-refractivity contribution >= 4 is 0 Å². The number of nitrogens with one attached hydrogen (secondary N) is 1. The van der Waals surface area contributed by atoms with Crippen molar-refractivity contribution in [1.82, 2.24) is 10.3 Å². The maximum absolute atomic E-state index is 9.29. The third-order valence-corrected chi connectivity index (χ3v) is 2.59. The fourth-order valence-corrected chi connectivity index (χ4v) is 1.84. The summed E-state index contributed by atoms with van der Waals surface area (Å²) in [7, 11) is 0. The van der Waals surface area contributed by atoms with Gasteiger partial charge in [-0.1, -0.05) is 19.9 Å². The Hall–Kier alpha value is -0.930. The van der Waals surface area contributed by atoms with E-state index in [1.54, 1.807) is 6.20 Å². The van der Waals surface area contributed by atoms with Gasteiger partial charge in [-0.15, -0.1) is 0 Å². The molecule has 16 heavy (non-hydrogen) atoms. The van der Waals surface area contributed by atoms with E-state index in [1.165, 1.54) is 0 Å². The van der Waals surface area contributed by atoms with Crippen LogP contribution in [0.3, 0.4) is 0 Å². The summed E-state index contributed by atoms with van der Waals surface area (Å²) < 4.78 is 0. The lowest BCUT2D eigenvalue weighted by atomic mass is 10.0. The van der Waals surface area contributed by atoms with Gasteiger partial charge >= 0.3 is 0 Å². The Morgan fingerprint density at radius 1 is 1.31 bits per heavy atom. The minimum absolute atomic E-state index is 0.150. The lowest BCUT2D eigenvalue weighted by Crippen LogP contribution is -2.35. The molecular weight excluding hydrogens is 200 g/mol. The van der Waals surface area contributed by atoms with Crippen LogP contribution in [0.5, 0.6) is 0 Å². The molecule has 0 saturated heterocycles. The Morgan fingerprint density at radius 2 is 2.06 bits per heavy atom. The van der Waals surface area contributed by atoms with Crippen molar-refractivity contribution in [1.29, 1.82) is 0 Å². The number of hydrogen-bond acceptors (Lipinski definition) is 3. The number of aromatic nitrogens is 1. The molecule has 1 aromatic rings. The minimum Gasteiger partial charge on any atom is -0.395 e. The van der Waals surface area contributed by atoms with Gasteiger partial charge in [-0.2, -0.15) is 0 Å². The van der Waals surface area contributed by atoms with Gasteiger partial charge in [0.05, 0.1) is 12.3 Å².